The van der Waals surface area contributed by atoms with Gasteiger partial charge in [0.1, 0.15) is 0 Å². The van der Waals surface area contributed by atoms with Crippen LogP contribution >= 0.6 is 11.8 Å². The Morgan fingerprint density at radius 1 is 1.15 bits per heavy atom. The standard InChI is InChI=1S/C15H22N2O2S/c1-10(2)9-16-15(19)11(3)20-14-7-5-13(6-8-14)17-12(4)18/h5-8,10-11H,9H2,1-4H3,(H,16,19)(H,17,18)/t11-/m0/s1. The summed E-state index contributed by atoms with van der Waals surface area (Å²) in [6.07, 6.45) is 0. The predicted molar refractivity (Wildman–Crippen MR) is 83.9 cm³/mol. The molecule has 0 saturated heterocycles. The molecule has 1 aromatic rings. The monoisotopic (exact) mass is 294 g/mol. The molecule has 0 heterocycles. The van der Waals surface area contributed by atoms with Gasteiger partial charge in [0.15, 0.2) is 0 Å². The molecule has 0 aliphatic heterocycles. The molecular formula is C15H22N2O2S. The zero-order valence-corrected chi connectivity index (χ0v) is 13.2. The number of nitrogens with one attached hydrogen (secondary N) is 2. The highest BCUT2D eigenvalue weighted by molar-refractivity contribution is 8.00. The summed E-state index contributed by atoms with van der Waals surface area (Å²) < 4.78 is 0. The average Bonchev–Trinajstić information content (AvgIpc) is 2.37. The minimum atomic E-state index is -0.139. The smallest absolute Gasteiger partial charge is 0.233 e. The van der Waals surface area contributed by atoms with Crippen LogP contribution in [0.2, 0.25) is 0 Å². The van der Waals surface area contributed by atoms with Crippen LogP contribution in [-0.2, 0) is 9.59 Å². The van der Waals surface area contributed by atoms with Crippen molar-refractivity contribution in [3.05, 3.63) is 24.3 Å². The second kappa shape index (κ2) is 7.94. The second-order valence-corrected chi connectivity index (χ2v) is 6.52. The summed E-state index contributed by atoms with van der Waals surface area (Å²) in [6, 6.07) is 7.48. The van der Waals surface area contributed by atoms with E-state index in [0.717, 1.165) is 10.6 Å². The molecule has 20 heavy (non-hydrogen) atoms. The number of carbonyl (C=O) groups excluding carboxylic acids is 2. The molecule has 0 aliphatic carbocycles. The van der Waals surface area contributed by atoms with Gasteiger partial charge < -0.3 is 10.6 Å². The first-order valence-electron chi connectivity index (χ1n) is 6.70. The van der Waals surface area contributed by atoms with Crippen molar-refractivity contribution >= 4 is 29.3 Å². The number of hydrogen-bond acceptors (Lipinski definition) is 3. The average molecular weight is 294 g/mol. The van der Waals surface area contributed by atoms with Crippen LogP contribution in [-0.4, -0.2) is 23.6 Å². The van der Waals surface area contributed by atoms with Crippen LogP contribution in [0.3, 0.4) is 0 Å². The highest BCUT2D eigenvalue weighted by Crippen LogP contribution is 2.24. The van der Waals surface area contributed by atoms with Crippen LogP contribution in [0.1, 0.15) is 27.7 Å². The number of thioether (sulfide) groups is 1. The lowest BCUT2D eigenvalue weighted by Gasteiger charge is -2.13. The van der Waals surface area contributed by atoms with Gasteiger partial charge in [0.05, 0.1) is 5.25 Å². The predicted octanol–water partition coefficient (Wildman–Crippen LogP) is 2.90. The molecule has 5 heteroatoms. The lowest BCUT2D eigenvalue weighted by Crippen LogP contribution is -2.33. The van der Waals surface area contributed by atoms with Crippen LogP contribution in [0.25, 0.3) is 0 Å². The number of benzene rings is 1. The highest BCUT2D eigenvalue weighted by atomic mass is 32.2. The Balaban J connectivity index is 2.51. The zero-order valence-electron chi connectivity index (χ0n) is 12.4. The van der Waals surface area contributed by atoms with Crippen molar-refractivity contribution in [3.8, 4) is 0 Å². The third-order valence-corrected chi connectivity index (χ3v) is 3.65. The molecule has 0 aromatic heterocycles. The second-order valence-electron chi connectivity index (χ2n) is 5.10. The van der Waals surface area contributed by atoms with E-state index in [2.05, 4.69) is 24.5 Å². The largest absolute Gasteiger partial charge is 0.355 e. The van der Waals surface area contributed by atoms with E-state index in [9.17, 15) is 9.59 Å². The van der Waals surface area contributed by atoms with Gasteiger partial charge in [-0.25, -0.2) is 0 Å². The summed E-state index contributed by atoms with van der Waals surface area (Å²) >= 11 is 1.51. The van der Waals surface area contributed by atoms with Crippen molar-refractivity contribution in [2.75, 3.05) is 11.9 Å². The molecule has 4 nitrogen and oxygen atoms in total. The Bertz CT molecular complexity index is 457. The fraction of sp³-hybridized carbons (Fsp3) is 0.467. The first-order valence-corrected chi connectivity index (χ1v) is 7.58. The van der Waals surface area contributed by atoms with Gasteiger partial charge in [-0.05, 0) is 37.1 Å². The quantitative estimate of drug-likeness (QED) is 0.793. The van der Waals surface area contributed by atoms with Gasteiger partial charge in [0.2, 0.25) is 11.8 Å². The number of anilines is 1. The van der Waals surface area contributed by atoms with Gasteiger partial charge in [-0.3, -0.25) is 9.59 Å². The van der Waals surface area contributed by atoms with Gasteiger partial charge in [-0.1, -0.05) is 13.8 Å². The molecule has 0 aliphatic rings. The topological polar surface area (TPSA) is 58.2 Å². The normalized spacial score (nSPS) is 12.1. The minimum Gasteiger partial charge on any atom is -0.355 e. The van der Waals surface area contributed by atoms with Gasteiger partial charge in [0.25, 0.3) is 0 Å². The van der Waals surface area contributed by atoms with E-state index < -0.39 is 0 Å². The van der Waals surface area contributed by atoms with E-state index in [0.29, 0.717) is 12.5 Å². The van der Waals surface area contributed by atoms with Crippen molar-refractivity contribution in [1.29, 1.82) is 0 Å². The van der Waals surface area contributed by atoms with Gasteiger partial charge in [-0.2, -0.15) is 0 Å². The molecular weight excluding hydrogens is 272 g/mol. The molecule has 1 rings (SSSR count). The van der Waals surface area contributed by atoms with Gasteiger partial charge in [-0.15, -0.1) is 11.8 Å². The summed E-state index contributed by atoms with van der Waals surface area (Å²) in [7, 11) is 0. The maximum atomic E-state index is 11.9. The Morgan fingerprint density at radius 3 is 2.25 bits per heavy atom. The number of amides is 2. The Kier molecular flexibility index (Phi) is 6.58. The Morgan fingerprint density at radius 2 is 1.75 bits per heavy atom. The third kappa shape index (κ3) is 6.10. The highest BCUT2D eigenvalue weighted by Gasteiger charge is 2.14. The fourth-order valence-electron chi connectivity index (χ4n) is 1.53. The SMILES string of the molecule is CC(=O)Nc1ccc(S[C@@H](C)C(=O)NCC(C)C)cc1. The molecule has 0 radical (unpaired) electrons. The molecule has 1 atom stereocenters. The maximum Gasteiger partial charge on any atom is 0.233 e. The van der Waals surface area contributed by atoms with Crippen molar-refractivity contribution < 1.29 is 9.59 Å². The van der Waals surface area contributed by atoms with Crippen LogP contribution in [0.4, 0.5) is 5.69 Å². The lowest BCUT2D eigenvalue weighted by atomic mass is 10.2. The molecule has 2 amide bonds. The lowest BCUT2D eigenvalue weighted by molar-refractivity contribution is -0.120. The van der Waals surface area contributed by atoms with Gasteiger partial charge >= 0.3 is 0 Å². The number of hydrogen-bond donors (Lipinski definition) is 2. The van der Waals surface area contributed by atoms with E-state index in [-0.39, 0.29) is 17.1 Å². The van der Waals surface area contributed by atoms with Crippen molar-refractivity contribution in [2.24, 2.45) is 5.92 Å². The molecule has 1 aromatic carbocycles. The fourth-order valence-corrected chi connectivity index (χ4v) is 2.42. The van der Waals surface area contributed by atoms with Crippen LogP contribution in [0.15, 0.2) is 29.2 Å². The van der Waals surface area contributed by atoms with E-state index >= 15 is 0 Å². The van der Waals surface area contributed by atoms with Crippen molar-refractivity contribution in [1.82, 2.24) is 5.32 Å². The first-order chi connectivity index (χ1) is 9.38. The summed E-state index contributed by atoms with van der Waals surface area (Å²) in [5, 5.41) is 5.50. The van der Waals surface area contributed by atoms with Crippen LogP contribution in [0.5, 0.6) is 0 Å². The molecule has 0 spiro atoms. The third-order valence-electron chi connectivity index (χ3n) is 2.54. The van der Waals surface area contributed by atoms with E-state index in [1.54, 1.807) is 0 Å². The van der Waals surface area contributed by atoms with E-state index in [1.165, 1.54) is 18.7 Å². The van der Waals surface area contributed by atoms with Crippen molar-refractivity contribution in [2.45, 2.75) is 37.8 Å². The maximum absolute atomic E-state index is 11.9. The summed E-state index contributed by atoms with van der Waals surface area (Å²) in [5.41, 5.74) is 0.763. The van der Waals surface area contributed by atoms with Gasteiger partial charge in [0, 0.05) is 24.1 Å². The summed E-state index contributed by atoms with van der Waals surface area (Å²) in [5.74, 6) is 0.412. The summed E-state index contributed by atoms with van der Waals surface area (Å²) in [4.78, 5) is 23.8. The molecule has 0 fully saturated rings. The number of rotatable bonds is 6. The molecule has 2 N–H and O–H groups in total. The van der Waals surface area contributed by atoms with Crippen LogP contribution < -0.4 is 10.6 Å². The van der Waals surface area contributed by atoms with Crippen LogP contribution in [0, 0.1) is 5.92 Å². The molecule has 0 unspecified atom stereocenters. The molecule has 0 saturated carbocycles. The van der Waals surface area contributed by atoms with Crippen molar-refractivity contribution in [3.63, 3.8) is 0 Å². The first kappa shape index (κ1) is 16.6. The number of carbonyl (C=O) groups is 2. The molecule has 0 bridgehead atoms. The van der Waals surface area contributed by atoms with E-state index in [4.69, 9.17) is 0 Å². The van der Waals surface area contributed by atoms with E-state index in [1.807, 2.05) is 31.2 Å². The zero-order chi connectivity index (χ0) is 15.1. The minimum absolute atomic E-state index is 0.0506. The summed E-state index contributed by atoms with van der Waals surface area (Å²) in [6.45, 7) is 8.20. The molecule has 110 valence electrons. The Labute approximate surface area is 124 Å². The Hall–Kier alpha value is -1.49.